The average Bonchev–Trinajstić information content (AvgIpc) is 2.52. The zero-order valence-electron chi connectivity index (χ0n) is 14.3. The third-order valence-corrected chi connectivity index (χ3v) is 3.90. The van der Waals surface area contributed by atoms with Crippen LogP contribution in [0.5, 0.6) is 0 Å². The summed E-state index contributed by atoms with van der Waals surface area (Å²) in [5.74, 6) is 0.505. The molecule has 1 aromatic carbocycles. The molecule has 0 aliphatic heterocycles. The first-order valence-corrected chi connectivity index (χ1v) is 8.04. The fraction of sp³-hybridized carbons (Fsp3) is 0.368. The maximum absolute atomic E-state index is 12.4. The van der Waals surface area contributed by atoms with E-state index in [-0.39, 0.29) is 5.91 Å². The third kappa shape index (κ3) is 4.81. The number of hydrogen-bond donors (Lipinski definition) is 2. The summed E-state index contributed by atoms with van der Waals surface area (Å²) in [7, 11) is 0. The van der Waals surface area contributed by atoms with Crippen LogP contribution >= 0.6 is 0 Å². The number of aromatic nitrogens is 1. The summed E-state index contributed by atoms with van der Waals surface area (Å²) < 4.78 is 0. The number of benzene rings is 1. The Balaban J connectivity index is 2.06. The number of aryl methyl sites for hydroxylation is 1. The molecule has 4 heteroatoms. The Hall–Kier alpha value is -2.36. The second-order valence-corrected chi connectivity index (χ2v) is 6.27. The Bertz CT molecular complexity index is 680. The van der Waals surface area contributed by atoms with Crippen molar-refractivity contribution in [2.24, 2.45) is 5.92 Å². The Labute approximate surface area is 138 Å². The molecule has 0 bridgehead atoms. The number of carbonyl (C=O) groups is 1. The van der Waals surface area contributed by atoms with Crippen LogP contribution in [0.2, 0.25) is 0 Å². The lowest BCUT2D eigenvalue weighted by molar-refractivity contribution is 0.102. The standard InChI is InChI=1S/C19H25N3O/c1-13(2)8-9-21-17-10-16(11-20-12-17)19(23)22-18-7-5-6-14(3)15(18)4/h5-7,10-13,21H,8-9H2,1-4H3,(H,22,23). The van der Waals surface area contributed by atoms with Crippen LogP contribution in [0.4, 0.5) is 11.4 Å². The van der Waals surface area contributed by atoms with Crippen molar-refractivity contribution in [3.05, 3.63) is 53.3 Å². The van der Waals surface area contributed by atoms with Gasteiger partial charge in [-0.2, -0.15) is 0 Å². The average molecular weight is 311 g/mol. The van der Waals surface area contributed by atoms with Crippen LogP contribution in [0, 0.1) is 19.8 Å². The Morgan fingerprint density at radius 1 is 1.22 bits per heavy atom. The highest BCUT2D eigenvalue weighted by molar-refractivity contribution is 6.05. The zero-order chi connectivity index (χ0) is 16.8. The van der Waals surface area contributed by atoms with Crippen molar-refractivity contribution in [3.8, 4) is 0 Å². The zero-order valence-corrected chi connectivity index (χ0v) is 14.3. The van der Waals surface area contributed by atoms with Gasteiger partial charge in [0.25, 0.3) is 5.91 Å². The number of anilines is 2. The van der Waals surface area contributed by atoms with Crippen molar-refractivity contribution in [3.63, 3.8) is 0 Å². The molecule has 2 aromatic rings. The van der Waals surface area contributed by atoms with E-state index in [1.54, 1.807) is 12.4 Å². The van der Waals surface area contributed by atoms with E-state index < -0.39 is 0 Å². The van der Waals surface area contributed by atoms with Crippen molar-refractivity contribution in [1.29, 1.82) is 0 Å². The number of nitrogens with zero attached hydrogens (tertiary/aromatic N) is 1. The Kier molecular flexibility index (Phi) is 5.74. The maximum atomic E-state index is 12.4. The molecule has 1 aromatic heterocycles. The highest BCUT2D eigenvalue weighted by Crippen LogP contribution is 2.19. The summed E-state index contributed by atoms with van der Waals surface area (Å²) >= 11 is 0. The molecule has 23 heavy (non-hydrogen) atoms. The summed E-state index contributed by atoms with van der Waals surface area (Å²) in [6, 6.07) is 7.73. The van der Waals surface area contributed by atoms with Crippen LogP contribution in [-0.4, -0.2) is 17.4 Å². The van der Waals surface area contributed by atoms with E-state index in [9.17, 15) is 4.79 Å². The fourth-order valence-corrected chi connectivity index (χ4v) is 2.25. The first-order valence-electron chi connectivity index (χ1n) is 8.04. The van der Waals surface area contributed by atoms with Crippen LogP contribution in [-0.2, 0) is 0 Å². The fourth-order valence-electron chi connectivity index (χ4n) is 2.25. The summed E-state index contributed by atoms with van der Waals surface area (Å²) in [6.45, 7) is 9.29. The monoisotopic (exact) mass is 311 g/mol. The molecule has 122 valence electrons. The first-order chi connectivity index (χ1) is 11.0. The van der Waals surface area contributed by atoms with E-state index in [1.165, 1.54) is 0 Å². The van der Waals surface area contributed by atoms with E-state index in [1.807, 2.05) is 38.1 Å². The summed E-state index contributed by atoms with van der Waals surface area (Å²) in [6.07, 6.45) is 4.42. The molecule has 0 unspecified atom stereocenters. The summed E-state index contributed by atoms with van der Waals surface area (Å²) in [4.78, 5) is 16.6. The molecule has 0 spiro atoms. The molecule has 0 atom stereocenters. The Morgan fingerprint density at radius 3 is 2.74 bits per heavy atom. The molecule has 4 nitrogen and oxygen atoms in total. The SMILES string of the molecule is Cc1cccc(NC(=O)c2cncc(NCCC(C)C)c2)c1C. The molecule has 0 radical (unpaired) electrons. The van der Waals surface area contributed by atoms with Crippen molar-refractivity contribution in [1.82, 2.24) is 4.98 Å². The molecule has 2 rings (SSSR count). The number of amides is 1. The minimum absolute atomic E-state index is 0.140. The van der Waals surface area contributed by atoms with Gasteiger partial charge in [0.05, 0.1) is 11.3 Å². The molecular weight excluding hydrogens is 286 g/mol. The summed E-state index contributed by atoms with van der Waals surface area (Å²) in [5, 5.41) is 6.28. The van der Waals surface area contributed by atoms with Crippen molar-refractivity contribution >= 4 is 17.3 Å². The number of pyridine rings is 1. The van der Waals surface area contributed by atoms with E-state index >= 15 is 0 Å². The van der Waals surface area contributed by atoms with Gasteiger partial charge in [-0.25, -0.2) is 0 Å². The molecule has 0 aliphatic carbocycles. The molecule has 1 amide bonds. The molecule has 1 heterocycles. The van der Waals surface area contributed by atoms with Crippen molar-refractivity contribution < 1.29 is 4.79 Å². The minimum atomic E-state index is -0.140. The number of nitrogens with one attached hydrogen (secondary N) is 2. The van der Waals surface area contributed by atoms with Gasteiger partial charge in [0.15, 0.2) is 0 Å². The molecule has 0 fully saturated rings. The molecular formula is C19H25N3O. The highest BCUT2D eigenvalue weighted by atomic mass is 16.1. The van der Waals surface area contributed by atoms with E-state index in [0.29, 0.717) is 11.5 Å². The second-order valence-electron chi connectivity index (χ2n) is 6.27. The maximum Gasteiger partial charge on any atom is 0.257 e. The van der Waals surface area contributed by atoms with Gasteiger partial charge in [0.1, 0.15) is 0 Å². The van der Waals surface area contributed by atoms with Gasteiger partial charge in [-0.3, -0.25) is 9.78 Å². The lowest BCUT2D eigenvalue weighted by Crippen LogP contribution is -2.14. The van der Waals surface area contributed by atoms with Gasteiger partial charge in [0, 0.05) is 24.6 Å². The van der Waals surface area contributed by atoms with Crippen molar-refractivity contribution in [2.75, 3.05) is 17.2 Å². The molecule has 2 N–H and O–H groups in total. The molecule has 0 saturated heterocycles. The molecule has 0 saturated carbocycles. The molecule has 0 aliphatic rings. The van der Waals surface area contributed by atoms with Gasteiger partial charge >= 0.3 is 0 Å². The normalized spacial score (nSPS) is 10.7. The lowest BCUT2D eigenvalue weighted by Gasteiger charge is -2.12. The van der Waals surface area contributed by atoms with Crippen LogP contribution in [0.1, 0.15) is 41.8 Å². The van der Waals surface area contributed by atoms with E-state index in [4.69, 9.17) is 0 Å². The number of hydrogen-bond acceptors (Lipinski definition) is 3. The quantitative estimate of drug-likeness (QED) is 0.831. The van der Waals surface area contributed by atoms with E-state index in [2.05, 4.69) is 29.5 Å². The Morgan fingerprint density at radius 2 is 2.00 bits per heavy atom. The van der Waals surface area contributed by atoms with Crippen LogP contribution in [0.25, 0.3) is 0 Å². The van der Waals surface area contributed by atoms with Gasteiger partial charge in [-0.1, -0.05) is 26.0 Å². The second kappa shape index (κ2) is 7.77. The number of rotatable bonds is 6. The summed E-state index contributed by atoms with van der Waals surface area (Å²) in [5.41, 5.74) is 4.51. The van der Waals surface area contributed by atoms with Crippen molar-refractivity contribution in [2.45, 2.75) is 34.1 Å². The van der Waals surface area contributed by atoms with Gasteiger partial charge in [-0.05, 0) is 49.4 Å². The number of carbonyl (C=O) groups excluding carboxylic acids is 1. The van der Waals surface area contributed by atoms with Gasteiger partial charge < -0.3 is 10.6 Å². The van der Waals surface area contributed by atoms with Crippen LogP contribution in [0.3, 0.4) is 0 Å². The smallest absolute Gasteiger partial charge is 0.257 e. The topological polar surface area (TPSA) is 54.0 Å². The van der Waals surface area contributed by atoms with Gasteiger partial charge in [-0.15, -0.1) is 0 Å². The van der Waals surface area contributed by atoms with Crippen LogP contribution < -0.4 is 10.6 Å². The van der Waals surface area contributed by atoms with E-state index in [0.717, 1.165) is 35.5 Å². The first kappa shape index (κ1) is 17.0. The predicted molar refractivity (Wildman–Crippen MR) is 96.1 cm³/mol. The largest absolute Gasteiger partial charge is 0.384 e. The predicted octanol–water partition coefficient (Wildman–Crippen LogP) is 4.41. The highest BCUT2D eigenvalue weighted by Gasteiger charge is 2.09. The minimum Gasteiger partial charge on any atom is -0.384 e. The third-order valence-electron chi connectivity index (χ3n) is 3.90. The lowest BCUT2D eigenvalue weighted by atomic mass is 10.1. The van der Waals surface area contributed by atoms with Crippen LogP contribution in [0.15, 0.2) is 36.7 Å². The van der Waals surface area contributed by atoms with Gasteiger partial charge in [0.2, 0.25) is 0 Å².